The molecular weight excluding hydrogens is 378 g/mol. The third-order valence-corrected chi connectivity index (χ3v) is 5.45. The Kier molecular flexibility index (Phi) is 6.90. The van der Waals surface area contributed by atoms with Crippen LogP contribution in [0.1, 0.15) is 11.1 Å². The normalized spacial score (nSPS) is 12.3. The fourth-order valence-electron chi connectivity index (χ4n) is 3.61. The molecule has 0 heterocycles. The highest BCUT2D eigenvalue weighted by atomic mass is 16.3. The van der Waals surface area contributed by atoms with Crippen molar-refractivity contribution < 1.29 is 5.11 Å². The number of nitrogens with one attached hydrogen (secondary N) is 1. The van der Waals surface area contributed by atoms with Crippen LogP contribution in [-0.4, -0.2) is 50.3 Å². The van der Waals surface area contributed by atoms with Gasteiger partial charge in [0, 0.05) is 26.2 Å². The van der Waals surface area contributed by atoms with E-state index in [9.17, 15) is 14.7 Å². The van der Waals surface area contributed by atoms with Crippen molar-refractivity contribution in [2.75, 3.05) is 44.4 Å². The molecule has 3 aromatic rings. The zero-order chi connectivity index (χ0) is 21.7. The SMILES string of the molecule is CN(C[C@H](Cc1ccc(O)cc1)N(C)C)c1c(NCCc2ccccc2)c(=O)c1=O. The van der Waals surface area contributed by atoms with Crippen LogP contribution in [0.5, 0.6) is 5.75 Å². The van der Waals surface area contributed by atoms with Crippen molar-refractivity contribution >= 4 is 11.4 Å². The van der Waals surface area contributed by atoms with Crippen molar-refractivity contribution in [3.8, 4) is 5.75 Å². The van der Waals surface area contributed by atoms with E-state index in [1.165, 1.54) is 5.56 Å². The van der Waals surface area contributed by atoms with E-state index in [1.54, 1.807) is 12.1 Å². The maximum absolute atomic E-state index is 12.3. The summed E-state index contributed by atoms with van der Waals surface area (Å²) in [5.41, 5.74) is 2.30. The Hall–Kier alpha value is -3.12. The number of anilines is 2. The number of hydrogen-bond acceptors (Lipinski definition) is 6. The number of phenols is 1. The van der Waals surface area contributed by atoms with E-state index < -0.39 is 10.9 Å². The van der Waals surface area contributed by atoms with Gasteiger partial charge in [-0.15, -0.1) is 0 Å². The van der Waals surface area contributed by atoms with Gasteiger partial charge < -0.3 is 20.2 Å². The van der Waals surface area contributed by atoms with Crippen LogP contribution in [0.15, 0.2) is 64.2 Å². The van der Waals surface area contributed by atoms with Crippen molar-refractivity contribution in [1.29, 1.82) is 0 Å². The molecule has 0 aliphatic carbocycles. The van der Waals surface area contributed by atoms with E-state index in [1.807, 2.05) is 68.5 Å². The molecular formula is C24H29N3O3. The summed E-state index contributed by atoms with van der Waals surface area (Å²) in [4.78, 5) is 28.4. The number of rotatable bonds is 10. The van der Waals surface area contributed by atoms with Gasteiger partial charge in [-0.3, -0.25) is 9.59 Å². The lowest BCUT2D eigenvalue weighted by atomic mass is 10.0. The fourth-order valence-corrected chi connectivity index (χ4v) is 3.61. The molecule has 6 heteroatoms. The smallest absolute Gasteiger partial charge is 0.253 e. The minimum absolute atomic E-state index is 0.140. The van der Waals surface area contributed by atoms with Crippen LogP contribution in [0.4, 0.5) is 11.4 Å². The second kappa shape index (κ2) is 9.59. The lowest BCUT2D eigenvalue weighted by molar-refractivity contribution is 0.295. The molecule has 0 spiro atoms. The van der Waals surface area contributed by atoms with Crippen molar-refractivity contribution in [1.82, 2.24) is 4.90 Å². The van der Waals surface area contributed by atoms with Crippen LogP contribution >= 0.6 is 0 Å². The Labute approximate surface area is 177 Å². The Morgan fingerprint density at radius 3 is 2.20 bits per heavy atom. The molecule has 0 bridgehead atoms. The van der Waals surface area contributed by atoms with Gasteiger partial charge in [0.1, 0.15) is 17.1 Å². The molecule has 0 aromatic heterocycles. The van der Waals surface area contributed by atoms with Gasteiger partial charge in [0.05, 0.1) is 0 Å². The summed E-state index contributed by atoms with van der Waals surface area (Å²) in [6, 6.07) is 17.3. The first-order valence-electron chi connectivity index (χ1n) is 10.1. The Morgan fingerprint density at radius 2 is 1.57 bits per heavy atom. The zero-order valence-electron chi connectivity index (χ0n) is 17.8. The molecule has 2 N–H and O–H groups in total. The van der Waals surface area contributed by atoms with E-state index in [4.69, 9.17) is 0 Å². The molecule has 0 amide bonds. The lowest BCUT2D eigenvalue weighted by Gasteiger charge is -2.31. The van der Waals surface area contributed by atoms with Gasteiger partial charge in [0.25, 0.3) is 10.9 Å². The summed E-state index contributed by atoms with van der Waals surface area (Å²) < 4.78 is 0. The molecule has 0 aliphatic heterocycles. The standard InChI is InChI=1S/C24H29N3O3/c1-26(2)19(15-18-9-11-20(28)12-10-18)16-27(3)22-21(23(29)24(22)30)25-14-13-17-7-5-4-6-8-17/h4-12,19,25,28H,13-16H2,1-3H3/t19-/m0/s1. The average molecular weight is 408 g/mol. The zero-order valence-corrected chi connectivity index (χ0v) is 17.8. The number of benzene rings is 2. The molecule has 0 unspecified atom stereocenters. The molecule has 30 heavy (non-hydrogen) atoms. The van der Waals surface area contributed by atoms with Gasteiger partial charge in [0.15, 0.2) is 0 Å². The molecule has 0 saturated heterocycles. The Balaban J connectivity index is 1.65. The van der Waals surface area contributed by atoms with Crippen molar-refractivity contribution in [2.45, 2.75) is 18.9 Å². The van der Waals surface area contributed by atoms with Crippen molar-refractivity contribution in [2.24, 2.45) is 0 Å². The molecule has 1 atom stereocenters. The Bertz CT molecular complexity index is 1020. The van der Waals surface area contributed by atoms with Crippen molar-refractivity contribution in [3.05, 3.63) is 86.2 Å². The van der Waals surface area contributed by atoms with Crippen LogP contribution in [-0.2, 0) is 12.8 Å². The molecule has 0 fully saturated rings. The van der Waals surface area contributed by atoms with E-state index in [0.717, 1.165) is 18.4 Å². The van der Waals surface area contributed by atoms with Crippen molar-refractivity contribution in [3.63, 3.8) is 0 Å². The molecule has 6 nitrogen and oxygen atoms in total. The summed E-state index contributed by atoms with van der Waals surface area (Å²) in [5, 5.41) is 12.6. The minimum Gasteiger partial charge on any atom is -0.508 e. The predicted octanol–water partition coefficient (Wildman–Crippen LogP) is 2.25. The van der Waals surface area contributed by atoms with E-state index >= 15 is 0 Å². The maximum Gasteiger partial charge on any atom is 0.253 e. The molecule has 0 saturated carbocycles. The van der Waals surface area contributed by atoms with E-state index in [2.05, 4.69) is 10.2 Å². The highest BCUT2D eigenvalue weighted by Gasteiger charge is 2.26. The van der Waals surface area contributed by atoms with Crippen LogP contribution in [0.3, 0.4) is 0 Å². The largest absolute Gasteiger partial charge is 0.508 e. The molecule has 3 aromatic carbocycles. The summed E-state index contributed by atoms with van der Waals surface area (Å²) >= 11 is 0. The van der Waals surface area contributed by atoms with Gasteiger partial charge >= 0.3 is 0 Å². The molecule has 0 aliphatic rings. The summed E-state index contributed by atoms with van der Waals surface area (Å²) in [6.07, 6.45) is 1.55. The van der Waals surface area contributed by atoms with Crippen LogP contribution in [0, 0.1) is 0 Å². The number of nitrogens with zero attached hydrogens (tertiary/aromatic N) is 2. The first kappa shape index (κ1) is 21.6. The summed E-state index contributed by atoms with van der Waals surface area (Å²) in [7, 11) is 5.85. The highest BCUT2D eigenvalue weighted by molar-refractivity contribution is 5.75. The highest BCUT2D eigenvalue weighted by Crippen LogP contribution is 2.21. The maximum atomic E-state index is 12.3. The van der Waals surface area contributed by atoms with Crippen LogP contribution in [0.2, 0.25) is 0 Å². The number of hydrogen-bond donors (Lipinski definition) is 2. The second-order valence-corrected chi connectivity index (χ2v) is 7.91. The minimum atomic E-state index is -0.440. The third kappa shape index (κ3) is 5.07. The van der Waals surface area contributed by atoms with Gasteiger partial charge in [-0.2, -0.15) is 0 Å². The van der Waals surface area contributed by atoms with Gasteiger partial charge in [0.2, 0.25) is 0 Å². The number of aromatic hydroxyl groups is 1. The first-order chi connectivity index (χ1) is 14.4. The number of phenolic OH excluding ortho intramolecular Hbond substituents is 1. The van der Waals surface area contributed by atoms with E-state index in [0.29, 0.717) is 24.5 Å². The Morgan fingerprint density at radius 1 is 0.900 bits per heavy atom. The monoisotopic (exact) mass is 407 g/mol. The molecule has 158 valence electrons. The fraction of sp³-hybridized carbons (Fsp3) is 0.333. The van der Waals surface area contributed by atoms with Crippen LogP contribution in [0.25, 0.3) is 0 Å². The van der Waals surface area contributed by atoms with Gasteiger partial charge in [-0.05, 0) is 50.2 Å². The second-order valence-electron chi connectivity index (χ2n) is 7.91. The average Bonchev–Trinajstić information content (AvgIpc) is 2.74. The third-order valence-electron chi connectivity index (χ3n) is 5.45. The quantitative estimate of drug-likeness (QED) is 0.502. The first-order valence-corrected chi connectivity index (χ1v) is 10.1. The van der Waals surface area contributed by atoms with Gasteiger partial charge in [-0.1, -0.05) is 42.5 Å². The molecule has 0 radical (unpaired) electrons. The summed E-state index contributed by atoms with van der Waals surface area (Å²) in [6.45, 7) is 1.20. The summed E-state index contributed by atoms with van der Waals surface area (Å²) in [5.74, 6) is 0.243. The molecule has 3 rings (SSSR count). The van der Waals surface area contributed by atoms with Gasteiger partial charge in [-0.25, -0.2) is 0 Å². The lowest BCUT2D eigenvalue weighted by Crippen LogP contribution is -2.46. The number of likely N-dealkylation sites (N-methyl/N-ethyl adjacent to an activating group) is 2. The van der Waals surface area contributed by atoms with E-state index in [-0.39, 0.29) is 11.8 Å². The topological polar surface area (TPSA) is 72.9 Å². The van der Waals surface area contributed by atoms with Crippen LogP contribution < -0.4 is 21.1 Å². The predicted molar refractivity (Wildman–Crippen MR) is 123 cm³/mol.